The van der Waals surface area contributed by atoms with Gasteiger partial charge in [-0.15, -0.1) is 0 Å². The summed E-state index contributed by atoms with van der Waals surface area (Å²) in [4.78, 5) is 27.3. The van der Waals surface area contributed by atoms with Crippen molar-refractivity contribution >= 4 is 22.8 Å². The number of nitrogens with zero attached hydrogens (tertiary/aromatic N) is 2. The zero-order chi connectivity index (χ0) is 18.6. The van der Waals surface area contributed by atoms with E-state index < -0.39 is 12.1 Å². The predicted octanol–water partition coefficient (Wildman–Crippen LogP) is 3.28. The minimum Gasteiger partial charge on any atom is -0.447 e. The van der Waals surface area contributed by atoms with E-state index in [1.54, 1.807) is 23.1 Å². The zero-order valence-electron chi connectivity index (χ0n) is 14.8. The molecule has 4 rings (SSSR count). The first-order chi connectivity index (χ1) is 13.2. The van der Waals surface area contributed by atoms with Crippen molar-refractivity contribution in [3.63, 3.8) is 0 Å². The van der Waals surface area contributed by atoms with E-state index in [9.17, 15) is 9.59 Å². The molecule has 1 amide bonds. The molecule has 27 heavy (non-hydrogen) atoms. The van der Waals surface area contributed by atoms with Crippen LogP contribution in [-0.2, 0) is 20.7 Å². The maximum Gasteiger partial charge on any atom is 0.313 e. The Morgan fingerprint density at radius 1 is 1.04 bits per heavy atom. The Bertz CT molecular complexity index is 945. The molecule has 0 N–H and O–H groups in total. The van der Waals surface area contributed by atoms with Crippen LogP contribution in [-0.4, -0.2) is 35.0 Å². The van der Waals surface area contributed by atoms with Gasteiger partial charge < -0.3 is 14.2 Å². The van der Waals surface area contributed by atoms with Gasteiger partial charge in [-0.1, -0.05) is 47.6 Å². The van der Waals surface area contributed by atoms with Crippen molar-refractivity contribution < 1.29 is 18.8 Å². The third-order valence-corrected chi connectivity index (χ3v) is 4.76. The van der Waals surface area contributed by atoms with Crippen molar-refractivity contribution in [1.29, 1.82) is 0 Å². The summed E-state index contributed by atoms with van der Waals surface area (Å²) in [7, 11) is 0. The molecule has 0 saturated carbocycles. The van der Waals surface area contributed by atoms with Crippen LogP contribution in [0.25, 0.3) is 11.0 Å². The second kappa shape index (κ2) is 7.61. The summed E-state index contributed by atoms with van der Waals surface area (Å²) in [6.07, 6.45) is 0.973. The lowest BCUT2D eigenvalue weighted by Gasteiger charge is -2.23. The number of fused-ring (bicyclic) bond motifs is 1. The zero-order valence-corrected chi connectivity index (χ0v) is 14.8. The standard InChI is InChI=1S/C21H20N2O4/c24-19(14-17-16-10-4-5-11-18(16)27-22-17)26-20(15-8-2-1-3-9-15)21(25)23-12-6-7-13-23/h1-5,8-11,20H,6-7,12-14H2/t20-/m0/s1. The molecule has 0 bridgehead atoms. The Labute approximate surface area is 156 Å². The summed E-state index contributed by atoms with van der Waals surface area (Å²) < 4.78 is 10.9. The summed E-state index contributed by atoms with van der Waals surface area (Å²) in [6, 6.07) is 16.5. The van der Waals surface area contributed by atoms with Gasteiger partial charge in [0.25, 0.3) is 5.91 Å². The predicted molar refractivity (Wildman–Crippen MR) is 98.8 cm³/mol. The summed E-state index contributed by atoms with van der Waals surface area (Å²) in [5.74, 6) is -0.674. The van der Waals surface area contributed by atoms with Gasteiger partial charge in [-0.3, -0.25) is 9.59 Å². The summed E-state index contributed by atoms with van der Waals surface area (Å²) in [5, 5.41) is 4.74. The van der Waals surface area contributed by atoms with Crippen LogP contribution in [0.3, 0.4) is 0 Å². The largest absolute Gasteiger partial charge is 0.447 e. The Morgan fingerprint density at radius 2 is 1.74 bits per heavy atom. The highest BCUT2D eigenvalue weighted by atomic mass is 16.5. The first kappa shape index (κ1) is 17.3. The van der Waals surface area contributed by atoms with Crippen LogP contribution in [0, 0.1) is 0 Å². The van der Waals surface area contributed by atoms with E-state index >= 15 is 0 Å². The number of carbonyl (C=O) groups excluding carboxylic acids is 2. The van der Waals surface area contributed by atoms with E-state index in [-0.39, 0.29) is 12.3 Å². The van der Waals surface area contributed by atoms with E-state index in [1.165, 1.54) is 0 Å². The van der Waals surface area contributed by atoms with Gasteiger partial charge in [0, 0.05) is 24.0 Å². The number of carbonyl (C=O) groups is 2. The van der Waals surface area contributed by atoms with Crippen molar-refractivity contribution in [3.8, 4) is 0 Å². The molecule has 6 nitrogen and oxygen atoms in total. The molecule has 1 fully saturated rings. The van der Waals surface area contributed by atoms with Gasteiger partial charge in [0.15, 0.2) is 5.58 Å². The van der Waals surface area contributed by atoms with Gasteiger partial charge in [-0.2, -0.15) is 0 Å². The quantitative estimate of drug-likeness (QED) is 0.650. The molecule has 1 saturated heterocycles. The van der Waals surface area contributed by atoms with Crippen molar-refractivity contribution in [1.82, 2.24) is 10.1 Å². The molecule has 0 unspecified atom stereocenters. The van der Waals surface area contributed by atoms with Gasteiger partial charge in [0.2, 0.25) is 6.10 Å². The molecule has 2 aromatic carbocycles. The highest BCUT2D eigenvalue weighted by Crippen LogP contribution is 2.24. The minimum absolute atomic E-state index is 0.0480. The summed E-state index contributed by atoms with van der Waals surface area (Å²) >= 11 is 0. The van der Waals surface area contributed by atoms with E-state index in [0.29, 0.717) is 29.9 Å². The van der Waals surface area contributed by atoms with Gasteiger partial charge in [-0.25, -0.2) is 0 Å². The average Bonchev–Trinajstić information content (AvgIpc) is 3.37. The number of hydrogen-bond donors (Lipinski definition) is 0. The average molecular weight is 364 g/mol. The number of para-hydroxylation sites is 1. The number of likely N-dealkylation sites (tertiary alicyclic amines) is 1. The van der Waals surface area contributed by atoms with E-state index in [2.05, 4.69) is 5.16 Å². The molecule has 6 heteroatoms. The molecule has 3 aromatic rings. The molecule has 0 aliphatic carbocycles. The van der Waals surface area contributed by atoms with E-state index in [4.69, 9.17) is 9.26 Å². The molecule has 1 aliphatic rings. The number of ether oxygens (including phenoxy) is 1. The number of hydrogen-bond acceptors (Lipinski definition) is 5. The molecule has 1 atom stereocenters. The highest BCUT2D eigenvalue weighted by molar-refractivity contribution is 5.87. The van der Waals surface area contributed by atoms with Crippen LogP contribution < -0.4 is 0 Å². The Kier molecular flexibility index (Phi) is 4.87. The van der Waals surface area contributed by atoms with Crippen LogP contribution in [0.1, 0.15) is 30.2 Å². The molecule has 0 radical (unpaired) electrons. The van der Waals surface area contributed by atoms with Crippen molar-refractivity contribution in [2.24, 2.45) is 0 Å². The molecule has 1 aromatic heterocycles. The lowest BCUT2D eigenvalue weighted by molar-refractivity contribution is -0.160. The maximum atomic E-state index is 12.9. The Balaban J connectivity index is 1.53. The number of aromatic nitrogens is 1. The third kappa shape index (κ3) is 3.69. The van der Waals surface area contributed by atoms with Crippen LogP contribution in [0.15, 0.2) is 59.1 Å². The van der Waals surface area contributed by atoms with Crippen LogP contribution >= 0.6 is 0 Å². The van der Waals surface area contributed by atoms with Crippen molar-refractivity contribution in [2.45, 2.75) is 25.4 Å². The number of rotatable bonds is 5. The molecule has 138 valence electrons. The Hall–Kier alpha value is -3.15. The fraction of sp³-hybridized carbons (Fsp3) is 0.286. The summed E-state index contributed by atoms with van der Waals surface area (Å²) in [6.45, 7) is 1.40. The first-order valence-electron chi connectivity index (χ1n) is 9.09. The normalized spacial score (nSPS) is 15.0. The minimum atomic E-state index is -0.935. The number of esters is 1. The molecular formula is C21H20N2O4. The van der Waals surface area contributed by atoms with Crippen LogP contribution in [0.4, 0.5) is 0 Å². The molecule has 2 heterocycles. The fourth-order valence-corrected chi connectivity index (χ4v) is 3.37. The van der Waals surface area contributed by atoms with Crippen molar-refractivity contribution in [2.75, 3.05) is 13.1 Å². The molecular weight excluding hydrogens is 344 g/mol. The highest BCUT2D eigenvalue weighted by Gasteiger charge is 2.31. The second-order valence-corrected chi connectivity index (χ2v) is 6.62. The van der Waals surface area contributed by atoms with Crippen molar-refractivity contribution in [3.05, 3.63) is 65.9 Å². The lowest BCUT2D eigenvalue weighted by atomic mass is 10.1. The lowest BCUT2D eigenvalue weighted by Crippen LogP contribution is -2.35. The fourth-order valence-electron chi connectivity index (χ4n) is 3.37. The SMILES string of the molecule is O=C(Cc1noc2ccccc12)O[C@H](C(=O)N1CCCC1)c1ccccc1. The van der Waals surface area contributed by atoms with Crippen LogP contribution in [0.5, 0.6) is 0 Å². The van der Waals surface area contributed by atoms with E-state index in [0.717, 1.165) is 18.2 Å². The molecule has 0 spiro atoms. The molecule has 1 aliphatic heterocycles. The van der Waals surface area contributed by atoms with Gasteiger partial charge in [0.05, 0.1) is 6.42 Å². The van der Waals surface area contributed by atoms with Gasteiger partial charge in [0.1, 0.15) is 5.69 Å². The smallest absolute Gasteiger partial charge is 0.313 e. The third-order valence-electron chi connectivity index (χ3n) is 4.76. The maximum absolute atomic E-state index is 12.9. The van der Waals surface area contributed by atoms with E-state index in [1.807, 2.05) is 36.4 Å². The number of benzene rings is 2. The monoisotopic (exact) mass is 364 g/mol. The number of amides is 1. The van der Waals surface area contributed by atoms with Gasteiger partial charge in [-0.05, 0) is 25.0 Å². The summed E-state index contributed by atoms with van der Waals surface area (Å²) in [5.41, 5.74) is 1.80. The second-order valence-electron chi connectivity index (χ2n) is 6.62. The Morgan fingerprint density at radius 3 is 2.52 bits per heavy atom. The first-order valence-corrected chi connectivity index (χ1v) is 9.09. The topological polar surface area (TPSA) is 72.6 Å². The van der Waals surface area contributed by atoms with Crippen LogP contribution in [0.2, 0.25) is 0 Å². The van der Waals surface area contributed by atoms with Gasteiger partial charge >= 0.3 is 5.97 Å².